The molecule has 3 nitrogen and oxygen atoms in total. The van der Waals surface area contributed by atoms with Crippen LogP contribution in [0.1, 0.15) is 22.8 Å². The molecule has 1 heterocycles. The van der Waals surface area contributed by atoms with Crippen molar-refractivity contribution in [3.63, 3.8) is 0 Å². The van der Waals surface area contributed by atoms with E-state index < -0.39 is 0 Å². The van der Waals surface area contributed by atoms with Gasteiger partial charge in [-0.05, 0) is 19.4 Å². The van der Waals surface area contributed by atoms with Crippen LogP contribution < -0.4 is 0 Å². The number of hydrogen-bond donors (Lipinski definition) is 1. The Hall–Kier alpha value is -1.90. The van der Waals surface area contributed by atoms with Crippen LogP contribution in [0.15, 0.2) is 42.7 Å². The van der Waals surface area contributed by atoms with Crippen molar-refractivity contribution in [1.29, 1.82) is 0 Å². The Morgan fingerprint density at radius 3 is 2.20 bits per heavy atom. The van der Waals surface area contributed by atoms with Crippen molar-refractivity contribution < 1.29 is 4.79 Å². The Labute approximate surface area is 89.1 Å². The molecule has 78 valence electrons. The Morgan fingerprint density at radius 2 is 1.93 bits per heavy atom. The van der Waals surface area contributed by atoms with Gasteiger partial charge in [-0.2, -0.15) is 5.10 Å². The van der Waals surface area contributed by atoms with Gasteiger partial charge in [0.25, 0.3) is 0 Å². The highest BCUT2D eigenvalue weighted by Gasteiger charge is 1.92. The highest BCUT2D eigenvalue weighted by atomic mass is 16.1. The maximum absolute atomic E-state index is 10.6. The van der Waals surface area contributed by atoms with Crippen LogP contribution in [0, 0.1) is 6.92 Å². The average molecular weight is 202 g/mol. The fraction of sp³-hybridized carbons (Fsp3) is 0.167. The molecule has 0 unspecified atom stereocenters. The third-order valence-electron chi connectivity index (χ3n) is 1.82. The summed E-state index contributed by atoms with van der Waals surface area (Å²) in [6.45, 7) is 3.55. The van der Waals surface area contributed by atoms with Gasteiger partial charge in [0, 0.05) is 11.8 Å². The van der Waals surface area contributed by atoms with Gasteiger partial charge in [0.05, 0.1) is 6.20 Å². The van der Waals surface area contributed by atoms with E-state index in [0.29, 0.717) is 0 Å². The molecule has 2 aromatic rings. The number of nitrogens with zero attached hydrogens (tertiary/aromatic N) is 1. The normalized spacial score (nSPS) is 8.93. The topological polar surface area (TPSA) is 45.8 Å². The second-order valence-corrected chi connectivity index (χ2v) is 3.20. The van der Waals surface area contributed by atoms with Gasteiger partial charge in [-0.1, -0.05) is 30.3 Å². The zero-order chi connectivity index (χ0) is 11.1. The number of rotatable bonds is 1. The predicted molar refractivity (Wildman–Crippen MR) is 59.8 cm³/mol. The molecule has 0 aliphatic heterocycles. The molecule has 3 heteroatoms. The number of aromatic nitrogens is 2. The minimum absolute atomic E-state index is 0.121. The lowest BCUT2D eigenvalue weighted by molar-refractivity contribution is 0.101. The number of Topliss-reactive ketones (excluding diaryl/α,β-unsaturated/α-hetero) is 1. The number of aryl methyl sites for hydroxylation is 1. The summed E-state index contributed by atoms with van der Waals surface area (Å²) in [6.07, 6.45) is 3.62. The molecule has 0 saturated heterocycles. The maximum atomic E-state index is 10.6. The number of carbonyl (C=O) groups is 1. The first kappa shape index (κ1) is 11.2. The van der Waals surface area contributed by atoms with Crippen LogP contribution in [0.3, 0.4) is 0 Å². The molecule has 0 bridgehead atoms. The van der Waals surface area contributed by atoms with Crippen molar-refractivity contribution in [3.8, 4) is 0 Å². The maximum Gasteiger partial charge on any atom is 0.159 e. The first-order chi connectivity index (χ1) is 7.20. The van der Waals surface area contributed by atoms with Crippen molar-refractivity contribution in [2.24, 2.45) is 0 Å². The first-order valence-corrected chi connectivity index (χ1v) is 4.71. The van der Waals surface area contributed by atoms with Crippen molar-refractivity contribution in [2.75, 3.05) is 0 Å². The monoisotopic (exact) mass is 202 g/mol. The van der Waals surface area contributed by atoms with Crippen LogP contribution >= 0.6 is 0 Å². The standard InChI is InChI=1S/C8H8O.C4H6N2/c1-7(9)8-5-3-2-4-6-8;1-4-2-5-6-3-4/h2-6H,1H3;2-3H,1H3,(H,5,6). The second-order valence-electron chi connectivity index (χ2n) is 3.20. The Bertz CT molecular complexity index is 393. The smallest absolute Gasteiger partial charge is 0.159 e. The molecule has 0 saturated carbocycles. The number of carbonyl (C=O) groups excluding carboxylic acids is 1. The van der Waals surface area contributed by atoms with Crippen molar-refractivity contribution in [2.45, 2.75) is 13.8 Å². The lowest BCUT2D eigenvalue weighted by Crippen LogP contribution is -1.88. The molecule has 0 aliphatic carbocycles. The van der Waals surface area contributed by atoms with Gasteiger partial charge in [-0.25, -0.2) is 0 Å². The summed E-state index contributed by atoms with van der Waals surface area (Å²) in [6, 6.07) is 9.23. The lowest BCUT2D eigenvalue weighted by Gasteiger charge is -1.89. The average Bonchev–Trinajstić information content (AvgIpc) is 2.71. The minimum atomic E-state index is 0.121. The Balaban J connectivity index is 0.000000162. The van der Waals surface area contributed by atoms with E-state index in [2.05, 4.69) is 10.2 Å². The molecule has 0 aliphatic rings. The largest absolute Gasteiger partial charge is 0.295 e. The zero-order valence-electron chi connectivity index (χ0n) is 8.90. The van der Waals surface area contributed by atoms with Gasteiger partial charge < -0.3 is 0 Å². The first-order valence-electron chi connectivity index (χ1n) is 4.71. The minimum Gasteiger partial charge on any atom is -0.295 e. The Kier molecular flexibility index (Phi) is 4.29. The van der Waals surface area contributed by atoms with Gasteiger partial charge in [-0.3, -0.25) is 9.89 Å². The SMILES string of the molecule is CC(=O)c1ccccc1.Cc1cn[nH]c1. The number of nitrogens with one attached hydrogen (secondary N) is 1. The van der Waals surface area contributed by atoms with Crippen LogP contribution in [0.4, 0.5) is 0 Å². The van der Waals surface area contributed by atoms with Crippen LogP contribution in [-0.2, 0) is 0 Å². The molecule has 1 aromatic carbocycles. The number of ketones is 1. The third-order valence-corrected chi connectivity index (χ3v) is 1.82. The molecule has 15 heavy (non-hydrogen) atoms. The molecule has 1 aromatic heterocycles. The molecule has 2 rings (SSSR count). The fourth-order valence-electron chi connectivity index (χ4n) is 0.988. The molecule has 1 N–H and O–H groups in total. The van der Waals surface area contributed by atoms with Gasteiger partial charge in [0.2, 0.25) is 0 Å². The Morgan fingerprint density at radius 1 is 1.27 bits per heavy atom. The molecule has 0 spiro atoms. The van der Waals surface area contributed by atoms with Gasteiger partial charge in [0.15, 0.2) is 5.78 Å². The number of benzene rings is 1. The van der Waals surface area contributed by atoms with E-state index in [-0.39, 0.29) is 5.78 Å². The molecular weight excluding hydrogens is 188 g/mol. The molecule has 0 fully saturated rings. The van der Waals surface area contributed by atoms with Crippen LogP contribution in [0.25, 0.3) is 0 Å². The van der Waals surface area contributed by atoms with E-state index in [1.807, 2.05) is 43.5 Å². The van der Waals surface area contributed by atoms with E-state index in [9.17, 15) is 4.79 Å². The zero-order valence-corrected chi connectivity index (χ0v) is 8.90. The summed E-state index contributed by atoms with van der Waals surface area (Å²) in [5.41, 5.74) is 1.95. The number of aromatic amines is 1. The fourth-order valence-corrected chi connectivity index (χ4v) is 0.988. The predicted octanol–water partition coefficient (Wildman–Crippen LogP) is 2.61. The lowest BCUT2D eigenvalue weighted by atomic mass is 10.2. The van der Waals surface area contributed by atoms with Crippen molar-refractivity contribution >= 4 is 5.78 Å². The van der Waals surface area contributed by atoms with E-state index >= 15 is 0 Å². The van der Waals surface area contributed by atoms with Gasteiger partial charge in [-0.15, -0.1) is 0 Å². The highest BCUT2D eigenvalue weighted by Crippen LogP contribution is 1.97. The summed E-state index contributed by atoms with van der Waals surface area (Å²) >= 11 is 0. The van der Waals surface area contributed by atoms with E-state index in [1.165, 1.54) is 5.56 Å². The van der Waals surface area contributed by atoms with Crippen molar-refractivity contribution in [3.05, 3.63) is 53.9 Å². The molecule has 0 atom stereocenters. The summed E-state index contributed by atoms with van der Waals surface area (Å²) < 4.78 is 0. The molecule has 0 radical (unpaired) electrons. The van der Waals surface area contributed by atoms with E-state index in [4.69, 9.17) is 0 Å². The summed E-state index contributed by atoms with van der Waals surface area (Å²) in [4.78, 5) is 10.6. The summed E-state index contributed by atoms with van der Waals surface area (Å²) in [5.74, 6) is 0.121. The van der Waals surface area contributed by atoms with Gasteiger partial charge in [0.1, 0.15) is 0 Å². The van der Waals surface area contributed by atoms with Crippen LogP contribution in [0.2, 0.25) is 0 Å². The number of H-pyrrole nitrogens is 1. The van der Waals surface area contributed by atoms with Crippen LogP contribution in [-0.4, -0.2) is 16.0 Å². The highest BCUT2D eigenvalue weighted by molar-refractivity contribution is 5.93. The summed E-state index contributed by atoms with van der Waals surface area (Å²) in [7, 11) is 0. The van der Waals surface area contributed by atoms with E-state index in [1.54, 1.807) is 13.1 Å². The van der Waals surface area contributed by atoms with E-state index in [0.717, 1.165) is 5.56 Å². The summed E-state index contributed by atoms with van der Waals surface area (Å²) in [5, 5.41) is 6.38. The van der Waals surface area contributed by atoms with Gasteiger partial charge >= 0.3 is 0 Å². The molecular formula is C12H14N2O. The third kappa shape index (κ3) is 4.22. The second kappa shape index (κ2) is 5.75. The van der Waals surface area contributed by atoms with Crippen LogP contribution in [0.5, 0.6) is 0 Å². The number of hydrogen-bond acceptors (Lipinski definition) is 2. The quantitative estimate of drug-likeness (QED) is 0.722. The van der Waals surface area contributed by atoms with Crippen molar-refractivity contribution in [1.82, 2.24) is 10.2 Å². The molecule has 0 amide bonds.